The lowest BCUT2D eigenvalue weighted by Gasteiger charge is -2.15. The van der Waals surface area contributed by atoms with E-state index in [9.17, 15) is 0 Å². The van der Waals surface area contributed by atoms with Crippen molar-refractivity contribution in [2.24, 2.45) is 0 Å². The molecular weight excluding hydrogens is 727 g/mol. The Morgan fingerprint density at radius 3 is 1.30 bits per heavy atom. The number of hydrogen-bond acceptors (Lipinski definition) is 3. The quantitative estimate of drug-likeness (QED) is 0.162. The summed E-state index contributed by atoms with van der Waals surface area (Å²) in [5.41, 5.74) is 12.0. The second-order valence-corrected chi connectivity index (χ2v) is 15.2. The van der Waals surface area contributed by atoms with Crippen molar-refractivity contribution in [1.82, 2.24) is 15.0 Å². The van der Waals surface area contributed by atoms with Crippen molar-refractivity contribution in [1.29, 1.82) is 0 Å². The summed E-state index contributed by atoms with van der Waals surface area (Å²) in [6, 6.07) is 79.5. The fourth-order valence-electron chi connectivity index (χ4n) is 8.56. The van der Waals surface area contributed by atoms with Crippen LogP contribution in [0.5, 0.6) is 0 Å². The molecule has 3 heteroatoms. The van der Waals surface area contributed by atoms with Crippen LogP contribution in [-0.2, 0) is 0 Å². The van der Waals surface area contributed by atoms with Crippen LogP contribution in [0.3, 0.4) is 0 Å². The van der Waals surface area contributed by atoms with Crippen LogP contribution in [0.2, 0.25) is 0 Å². The van der Waals surface area contributed by atoms with E-state index in [1.165, 1.54) is 38.2 Å². The van der Waals surface area contributed by atoms with Crippen LogP contribution in [0.25, 0.3) is 111 Å². The van der Waals surface area contributed by atoms with E-state index in [4.69, 9.17) is 15.0 Å². The average Bonchev–Trinajstić information content (AvgIpc) is 3.33. The standard InChI is InChI=1S/C57H37N3/c1-3-15-38(16-4-1)49-33-34-50(52-27-12-11-26-51(49)52)45-23-13-24-46(35-45)56-58-55(42-31-29-41(30-32-42)48-28-14-22-39-19-9-10-25-47(39)48)59-57(60-56)54-37-44-21-8-7-20-43(44)36-53(54)40-17-5-2-6-18-40/h1-37H. The Bertz CT molecular complexity index is 3350. The van der Waals surface area contributed by atoms with Crippen LogP contribution >= 0.6 is 0 Å². The van der Waals surface area contributed by atoms with Gasteiger partial charge < -0.3 is 0 Å². The summed E-state index contributed by atoms with van der Waals surface area (Å²) in [6.45, 7) is 0. The predicted molar refractivity (Wildman–Crippen MR) is 250 cm³/mol. The van der Waals surface area contributed by atoms with Gasteiger partial charge in [-0.1, -0.05) is 206 Å². The lowest BCUT2D eigenvalue weighted by atomic mass is 9.91. The van der Waals surface area contributed by atoms with Crippen molar-refractivity contribution in [2.75, 3.05) is 0 Å². The average molecular weight is 764 g/mol. The van der Waals surface area contributed by atoms with Gasteiger partial charge in [-0.05, 0) is 95.0 Å². The SMILES string of the molecule is c1ccc(-c2cc3ccccc3cc2-c2nc(-c3ccc(-c4cccc5ccccc45)cc3)nc(-c3cccc(-c4ccc(-c5ccccc5)c5ccccc45)c3)n2)cc1. The Labute approximate surface area is 349 Å². The molecule has 0 N–H and O–H groups in total. The molecule has 0 aliphatic heterocycles. The largest absolute Gasteiger partial charge is 0.208 e. The first-order valence-electron chi connectivity index (χ1n) is 20.3. The monoisotopic (exact) mass is 763 g/mol. The molecule has 0 unspecified atom stereocenters. The van der Waals surface area contributed by atoms with E-state index in [-0.39, 0.29) is 0 Å². The molecule has 0 aliphatic rings. The minimum atomic E-state index is 0.618. The first-order valence-corrected chi connectivity index (χ1v) is 20.3. The number of nitrogens with zero attached hydrogens (tertiary/aromatic N) is 3. The van der Waals surface area contributed by atoms with Gasteiger partial charge in [-0.2, -0.15) is 0 Å². The minimum absolute atomic E-state index is 0.618. The lowest BCUT2D eigenvalue weighted by Crippen LogP contribution is -2.01. The van der Waals surface area contributed by atoms with Gasteiger partial charge in [-0.15, -0.1) is 0 Å². The fourth-order valence-corrected chi connectivity index (χ4v) is 8.56. The number of rotatable bonds is 7. The van der Waals surface area contributed by atoms with Crippen LogP contribution in [-0.4, -0.2) is 15.0 Å². The van der Waals surface area contributed by atoms with E-state index in [0.717, 1.165) is 55.3 Å². The summed E-state index contributed by atoms with van der Waals surface area (Å²) < 4.78 is 0. The van der Waals surface area contributed by atoms with E-state index in [1.807, 2.05) is 0 Å². The van der Waals surface area contributed by atoms with Gasteiger partial charge in [-0.3, -0.25) is 0 Å². The van der Waals surface area contributed by atoms with Crippen molar-refractivity contribution in [3.63, 3.8) is 0 Å². The zero-order chi connectivity index (χ0) is 39.8. The van der Waals surface area contributed by atoms with E-state index >= 15 is 0 Å². The van der Waals surface area contributed by atoms with Gasteiger partial charge in [0.15, 0.2) is 17.5 Å². The molecule has 0 fully saturated rings. The first kappa shape index (κ1) is 35.2. The molecule has 0 amide bonds. The van der Waals surface area contributed by atoms with Crippen molar-refractivity contribution < 1.29 is 0 Å². The van der Waals surface area contributed by atoms with Gasteiger partial charge in [-0.25, -0.2) is 15.0 Å². The number of aromatic nitrogens is 3. The number of benzene rings is 10. The summed E-state index contributed by atoms with van der Waals surface area (Å²) in [6.07, 6.45) is 0. The molecule has 1 aromatic heterocycles. The Balaban J connectivity index is 1.08. The molecule has 0 bridgehead atoms. The highest BCUT2D eigenvalue weighted by molar-refractivity contribution is 6.05. The topological polar surface area (TPSA) is 38.7 Å². The van der Waals surface area contributed by atoms with Crippen molar-refractivity contribution in [3.05, 3.63) is 224 Å². The zero-order valence-electron chi connectivity index (χ0n) is 32.7. The Hall–Kier alpha value is -8.01. The minimum Gasteiger partial charge on any atom is -0.208 e. The molecule has 10 aromatic carbocycles. The second-order valence-electron chi connectivity index (χ2n) is 15.2. The maximum Gasteiger partial charge on any atom is 0.164 e. The van der Waals surface area contributed by atoms with Crippen LogP contribution in [0.1, 0.15) is 0 Å². The highest BCUT2D eigenvalue weighted by Gasteiger charge is 2.18. The maximum atomic E-state index is 5.32. The van der Waals surface area contributed by atoms with Gasteiger partial charge in [0.25, 0.3) is 0 Å². The van der Waals surface area contributed by atoms with E-state index in [2.05, 4.69) is 224 Å². The van der Waals surface area contributed by atoms with E-state index in [0.29, 0.717) is 17.5 Å². The van der Waals surface area contributed by atoms with Gasteiger partial charge in [0.1, 0.15) is 0 Å². The van der Waals surface area contributed by atoms with E-state index < -0.39 is 0 Å². The molecule has 60 heavy (non-hydrogen) atoms. The molecule has 0 radical (unpaired) electrons. The van der Waals surface area contributed by atoms with Crippen LogP contribution in [0.4, 0.5) is 0 Å². The molecule has 1 heterocycles. The smallest absolute Gasteiger partial charge is 0.164 e. The van der Waals surface area contributed by atoms with Crippen LogP contribution < -0.4 is 0 Å². The second kappa shape index (κ2) is 15.1. The summed E-state index contributed by atoms with van der Waals surface area (Å²) in [5, 5.41) is 7.15. The molecule has 0 saturated carbocycles. The Kier molecular flexibility index (Phi) is 8.83. The van der Waals surface area contributed by atoms with Gasteiger partial charge in [0.05, 0.1) is 0 Å². The first-order chi connectivity index (χ1) is 29.7. The number of fused-ring (bicyclic) bond motifs is 3. The summed E-state index contributed by atoms with van der Waals surface area (Å²) in [4.78, 5) is 15.8. The Morgan fingerprint density at radius 1 is 0.200 bits per heavy atom. The molecular formula is C57H37N3. The summed E-state index contributed by atoms with van der Waals surface area (Å²) in [7, 11) is 0. The molecule has 0 saturated heterocycles. The molecule has 0 atom stereocenters. The van der Waals surface area contributed by atoms with Gasteiger partial charge in [0.2, 0.25) is 0 Å². The summed E-state index contributed by atoms with van der Waals surface area (Å²) >= 11 is 0. The molecule has 11 rings (SSSR count). The van der Waals surface area contributed by atoms with Crippen LogP contribution in [0, 0.1) is 0 Å². The van der Waals surface area contributed by atoms with Crippen molar-refractivity contribution >= 4 is 32.3 Å². The highest BCUT2D eigenvalue weighted by atomic mass is 15.0. The predicted octanol–water partition coefficient (Wildman–Crippen LogP) is 15.0. The van der Waals surface area contributed by atoms with Crippen molar-refractivity contribution in [3.8, 4) is 78.7 Å². The lowest BCUT2D eigenvalue weighted by molar-refractivity contribution is 1.07. The molecule has 11 aromatic rings. The Morgan fingerprint density at radius 2 is 0.617 bits per heavy atom. The van der Waals surface area contributed by atoms with Gasteiger partial charge in [0, 0.05) is 16.7 Å². The molecule has 280 valence electrons. The molecule has 0 aliphatic carbocycles. The van der Waals surface area contributed by atoms with Gasteiger partial charge >= 0.3 is 0 Å². The van der Waals surface area contributed by atoms with Crippen molar-refractivity contribution in [2.45, 2.75) is 0 Å². The third-order valence-corrected chi connectivity index (χ3v) is 11.5. The summed E-state index contributed by atoms with van der Waals surface area (Å²) in [5.74, 6) is 1.86. The van der Waals surface area contributed by atoms with Crippen LogP contribution in [0.15, 0.2) is 224 Å². The third-order valence-electron chi connectivity index (χ3n) is 11.5. The molecule has 0 spiro atoms. The number of hydrogen-bond donors (Lipinski definition) is 0. The highest BCUT2D eigenvalue weighted by Crippen LogP contribution is 2.39. The fraction of sp³-hybridized carbons (Fsp3) is 0. The van der Waals surface area contributed by atoms with E-state index in [1.54, 1.807) is 0 Å². The zero-order valence-corrected chi connectivity index (χ0v) is 32.7. The maximum absolute atomic E-state index is 5.32. The molecule has 3 nitrogen and oxygen atoms in total. The normalized spacial score (nSPS) is 11.3. The third kappa shape index (κ3) is 6.49.